The first-order valence-electron chi connectivity index (χ1n) is 14.0. The maximum atomic E-state index is 5.90. The molecule has 2 aliphatic heterocycles. The van der Waals surface area contributed by atoms with E-state index in [2.05, 4.69) is 60.6 Å². The van der Waals surface area contributed by atoms with Gasteiger partial charge in [-0.25, -0.2) is 0 Å². The van der Waals surface area contributed by atoms with Crippen LogP contribution in [-0.4, -0.2) is 63.4 Å². The first kappa shape index (κ1) is 27.6. The predicted octanol–water partition coefficient (Wildman–Crippen LogP) is 6.72. The third-order valence-electron chi connectivity index (χ3n) is 8.54. The van der Waals surface area contributed by atoms with E-state index in [-0.39, 0.29) is 12.4 Å². The number of rotatable bonds is 8. The molecule has 34 heavy (non-hydrogen) atoms. The van der Waals surface area contributed by atoms with Crippen LogP contribution in [0, 0.1) is 5.41 Å². The number of halogens is 1. The number of piperazine rings is 1. The molecule has 0 radical (unpaired) electrons. The third-order valence-corrected chi connectivity index (χ3v) is 8.54. The maximum Gasteiger partial charge on any atom is 0.0608 e. The van der Waals surface area contributed by atoms with Crippen LogP contribution in [-0.2, 0) is 4.74 Å². The number of ether oxygens (including phenoxy) is 1. The van der Waals surface area contributed by atoms with Crippen molar-refractivity contribution < 1.29 is 4.74 Å². The smallest absolute Gasteiger partial charge is 0.0608 e. The van der Waals surface area contributed by atoms with Crippen molar-refractivity contribution in [2.45, 2.75) is 91.1 Å². The summed E-state index contributed by atoms with van der Waals surface area (Å²) in [5.74, 6) is 0.715. The summed E-state index contributed by atoms with van der Waals surface area (Å²) in [4.78, 5) is 7.97. The highest BCUT2D eigenvalue weighted by Crippen LogP contribution is 2.46. The Hall–Kier alpha value is -0.970. The minimum atomic E-state index is 0. The SMILES string of the molecule is CCCCN1CCN(c2ccc(N3CCC(OCC)CC3)cc2C2CCC(C)(C)CC2)CC1.Cl. The second-order valence-electron chi connectivity index (χ2n) is 11.5. The second-order valence-corrected chi connectivity index (χ2v) is 11.5. The Morgan fingerprint density at radius 3 is 2.18 bits per heavy atom. The molecule has 0 N–H and O–H groups in total. The van der Waals surface area contributed by atoms with Crippen molar-refractivity contribution >= 4 is 23.8 Å². The first-order chi connectivity index (χ1) is 16.0. The van der Waals surface area contributed by atoms with Crippen LogP contribution in [0.15, 0.2) is 18.2 Å². The molecule has 2 saturated heterocycles. The summed E-state index contributed by atoms with van der Waals surface area (Å²) in [6, 6.07) is 7.47. The van der Waals surface area contributed by atoms with Crippen LogP contribution < -0.4 is 9.80 Å². The predicted molar refractivity (Wildman–Crippen MR) is 149 cm³/mol. The molecule has 1 aromatic carbocycles. The van der Waals surface area contributed by atoms with E-state index in [9.17, 15) is 0 Å². The monoisotopic (exact) mass is 491 g/mol. The molecular weight excluding hydrogens is 442 g/mol. The fraction of sp³-hybridized carbons (Fsp3) is 0.793. The van der Waals surface area contributed by atoms with Gasteiger partial charge in [-0.1, -0.05) is 27.2 Å². The summed E-state index contributed by atoms with van der Waals surface area (Å²) in [5, 5.41) is 0. The van der Waals surface area contributed by atoms with Crippen LogP contribution >= 0.6 is 12.4 Å². The second kappa shape index (κ2) is 12.8. The molecule has 0 aromatic heterocycles. The first-order valence-corrected chi connectivity index (χ1v) is 14.0. The van der Waals surface area contributed by atoms with E-state index in [1.54, 1.807) is 5.56 Å². The van der Waals surface area contributed by atoms with Gasteiger partial charge in [0.05, 0.1) is 6.10 Å². The van der Waals surface area contributed by atoms with Crippen LogP contribution in [0.5, 0.6) is 0 Å². The molecule has 3 aliphatic rings. The Morgan fingerprint density at radius 1 is 0.882 bits per heavy atom. The molecule has 194 valence electrons. The zero-order valence-electron chi connectivity index (χ0n) is 22.4. The average molecular weight is 492 g/mol. The topological polar surface area (TPSA) is 19.0 Å². The van der Waals surface area contributed by atoms with Gasteiger partial charge in [0.1, 0.15) is 0 Å². The molecule has 1 aromatic rings. The number of hydrogen-bond donors (Lipinski definition) is 0. The summed E-state index contributed by atoms with van der Waals surface area (Å²) in [5.41, 5.74) is 5.12. The summed E-state index contributed by atoms with van der Waals surface area (Å²) in [6.07, 6.45) is 10.8. The van der Waals surface area contributed by atoms with Crippen LogP contribution in [0.4, 0.5) is 11.4 Å². The standard InChI is InChI=1S/C29H49N3O.ClH/c1-5-7-16-30-19-21-32(22-20-30)28-9-8-25(31-17-12-26(13-18-31)33-6-2)23-27(28)24-10-14-29(3,4)15-11-24;/h8-9,23-24,26H,5-7,10-22H2,1-4H3;1H. The van der Waals surface area contributed by atoms with Crippen LogP contribution in [0.1, 0.15) is 90.5 Å². The zero-order chi connectivity index (χ0) is 23.3. The molecule has 0 bridgehead atoms. The van der Waals surface area contributed by atoms with Gasteiger partial charge in [-0.15, -0.1) is 12.4 Å². The van der Waals surface area contributed by atoms with E-state index < -0.39 is 0 Å². The third kappa shape index (κ3) is 7.04. The van der Waals surface area contributed by atoms with Crippen LogP contribution in [0.2, 0.25) is 0 Å². The Bertz CT molecular complexity index is 729. The highest BCUT2D eigenvalue weighted by atomic mass is 35.5. The highest BCUT2D eigenvalue weighted by molar-refractivity contribution is 5.85. The lowest BCUT2D eigenvalue weighted by atomic mass is 9.71. The van der Waals surface area contributed by atoms with E-state index in [1.807, 2.05) is 0 Å². The number of benzene rings is 1. The molecular formula is C29H50ClN3O. The average Bonchev–Trinajstić information content (AvgIpc) is 2.83. The number of unbranched alkanes of at least 4 members (excludes halogenated alkanes) is 1. The van der Waals surface area contributed by atoms with Crippen molar-refractivity contribution in [1.29, 1.82) is 0 Å². The van der Waals surface area contributed by atoms with Crippen LogP contribution in [0.3, 0.4) is 0 Å². The quantitative estimate of drug-likeness (QED) is 0.401. The zero-order valence-corrected chi connectivity index (χ0v) is 23.2. The lowest BCUT2D eigenvalue weighted by Gasteiger charge is -2.40. The molecule has 4 rings (SSSR count). The van der Waals surface area contributed by atoms with Gasteiger partial charge < -0.3 is 14.5 Å². The van der Waals surface area contributed by atoms with Gasteiger partial charge in [0, 0.05) is 57.3 Å². The largest absolute Gasteiger partial charge is 0.378 e. The minimum Gasteiger partial charge on any atom is -0.378 e. The van der Waals surface area contributed by atoms with Gasteiger partial charge in [-0.3, -0.25) is 4.90 Å². The molecule has 0 atom stereocenters. The van der Waals surface area contributed by atoms with Crippen molar-refractivity contribution in [3.05, 3.63) is 23.8 Å². The lowest BCUT2D eigenvalue weighted by molar-refractivity contribution is 0.0459. The molecule has 3 fully saturated rings. The number of anilines is 2. The van der Waals surface area contributed by atoms with Gasteiger partial charge in [0.25, 0.3) is 0 Å². The van der Waals surface area contributed by atoms with Gasteiger partial charge in [0.2, 0.25) is 0 Å². The van der Waals surface area contributed by atoms with Crippen molar-refractivity contribution in [3.8, 4) is 0 Å². The molecule has 0 spiro atoms. The van der Waals surface area contributed by atoms with Gasteiger partial charge in [-0.2, -0.15) is 0 Å². The van der Waals surface area contributed by atoms with Crippen LogP contribution in [0.25, 0.3) is 0 Å². The Balaban J connectivity index is 0.00000324. The summed E-state index contributed by atoms with van der Waals surface area (Å²) >= 11 is 0. The Morgan fingerprint density at radius 2 is 1.56 bits per heavy atom. The van der Waals surface area contributed by atoms with E-state index in [1.165, 1.54) is 82.6 Å². The number of hydrogen-bond acceptors (Lipinski definition) is 4. The summed E-state index contributed by atoms with van der Waals surface area (Å²) < 4.78 is 5.90. The van der Waals surface area contributed by atoms with Gasteiger partial charge >= 0.3 is 0 Å². The van der Waals surface area contributed by atoms with Crippen molar-refractivity contribution in [2.24, 2.45) is 5.41 Å². The minimum absolute atomic E-state index is 0. The molecule has 2 heterocycles. The molecule has 1 saturated carbocycles. The van der Waals surface area contributed by atoms with Crippen molar-refractivity contribution in [3.63, 3.8) is 0 Å². The van der Waals surface area contributed by atoms with E-state index in [0.717, 1.165) is 32.5 Å². The van der Waals surface area contributed by atoms with Crippen molar-refractivity contribution in [1.82, 2.24) is 4.90 Å². The number of nitrogens with zero attached hydrogens (tertiary/aromatic N) is 3. The molecule has 0 unspecified atom stereocenters. The van der Waals surface area contributed by atoms with E-state index in [0.29, 0.717) is 17.4 Å². The Kier molecular flexibility index (Phi) is 10.4. The molecule has 0 amide bonds. The van der Waals surface area contributed by atoms with Crippen molar-refractivity contribution in [2.75, 3.05) is 62.2 Å². The summed E-state index contributed by atoms with van der Waals surface area (Å²) in [7, 11) is 0. The number of piperidine rings is 1. The molecule has 5 heteroatoms. The van der Waals surface area contributed by atoms with Gasteiger partial charge in [0.15, 0.2) is 0 Å². The molecule has 1 aliphatic carbocycles. The van der Waals surface area contributed by atoms with E-state index in [4.69, 9.17) is 4.74 Å². The maximum absolute atomic E-state index is 5.90. The fourth-order valence-electron chi connectivity index (χ4n) is 6.17. The molecule has 4 nitrogen and oxygen atoms in total. The fourth-order valence-corrected chi connectivity index (χ4v) is 6.17. The van der Waals surface area contributed by atoms with Gasteiger partial charge in [-0.05, 0) is 93.5 Å². The lowest BCUT2D eigenvalue weighted by Crippen LogP contribution is -2.47. The highest BCUT2D eigenvalue weighted by Gasteiger charge is 2.31. The Labute approximate surface area is 215 Å². The van der Waals surface area contributed by atoms with E-state index >= 15 is 0 Å². The normalized spacial score (nSPS) is 22.6. The summed E-state index contributed by atoms with van der Waals surface area (Å²) in [6.45, 7) is 18.5.